The highest BCUT2D eigenvalue weighted by Gasteiger charge is 2.17. The molecule has 0 saturated heterocycles. The lowest BCUT2D eigenvalue weighted by atomic mass is 10.2. The van der Waals surface area contributed by atoms with Gasteiger partial charge >= 0.3 is 0 Å². The van der Waals surface area contributed by atoms with Crippen LogP contribution >= 0.6 is 0 Å². The summed E-state index contributed by atoms with van der Waals surface area (Å²) >= 11 is 0. The number of hydrogen-bond acceptors (Lipinski definition) is 4. The van der Waals surface area contributed by atoms with E-state index in [1.165, 1.54) is 19.2 Å². The van der Waals surface area contributed by atoms with Crippen LogP contribution in [0, 0.1) is 0 Å². The molecule has 2 rings (SSSR count). The number of aromatic nitrogens is 1. The van der Waals surface area contributed by atoms with Gasteiger partial charge in [-0.25, -0.2) is 13.1 Å². The third-order valence-corrected chi connectivity index (χ3v) is 4.60. The van der Waals surface area contributed by atoms with Crippen molar-refractivity contribution in [2.45, 2.75) is 11.0 Å². The molecule has 1 aromatic heterocycles. The average molecular weight is 310 g/mol. The maximum absolute atomic E-state index is 12.1. The van der Waals surface area contributed by atoms with E-state index in [-0.39, 0.29) is 11.4 Å². The maximum atomic E-state index is 12.1. The Labute approximate surface area is 124 Å². The molecule has 7 heteroatoms. The molecule has 0 aliphatic heterocycles. The predicted octanol–water partition coefficient (Wildman–Crippen LogP) is 1.05. The number of aliphatic hydroxyl groups excluding tert-OH is 1. The first-order chi connectivity index (χ1) is 9.94. The van der Waals surface area contributed by atoms with Gasteiger partial charge in [0.2, 0.25) is 10.0 Å². The van der Waals surface area contributed by atoms with Gasteiger partial charge in [-0.15, -0.1) is 0 Å². The van der Waals surface area contributed by atoms with Crippen LogP contribution in [0.5, 0.6) is 5.75 Å². The van der Waals surface area contributed by atoms with Crippen molar-refractivity contribution in [3.8, 4) is 5.75 Å². The van der Waals surface area contributed by atoms with E-state index in [1.54, 1.807) is 42.1 Å². The molecule has 0 fully saturated rings. The Morgan fingerprint density at radius 2 is 1.95 bits per heavy atom. The lowest BCUT2D eigenvalue weighted by Gasteiger charge is -2.13. The largest absolute Gasteiger partial charge is 0.497 e. The molecular formula is C14H18N2O4S. The number of methoxy groups -OCH3 is 1. The Bertz CT molecular complexity index is 692. The summed E-state index contributed by atoms with van der Waals surface area (Å²) in [4.78, 5) is 0.127. The van der Waals surface area contributed by atoms with Crippen molar-refractivity contribution in [2.75, 3.05) is 13.7 Å². The van der Waals surface area contributed by atoms with Gasteiger partial charge in [0.15, 0.2) is 0 Å². The Kier molecular flexibility index (Phi) is 4.66. The third-order valence-electron chi connectivity index (χ3n) is 3.16. The molecule has 2 N–H and O–H groups in total. The van der Waals surface area contributed by atoms with Gasteiger partial charge < -0.3 is 14.4 Å². The van der Waals surface area contributed by atoms with Gasteiger partial charge in [0.05, 0.1) is 12.0 Å². The van der Waals surface area contributed by atoms with Crippen LogP contribution < -0.4 is 9.46 Å². The lowest BCUT2D eigenvalue weighted by molar-refractivity contribution is 0.173. The Morgan fingerprint density at radius 1 is 1.29 bits per heavy atom. The van der Waals surface area contributed by atoms with E-state index >= 15 is 0 Å². The second-order valence-electron chi connectivity index (χ2n) is 4.59. The number of nitrogens with one attached hydrogen (secondary N) is 1. The fraction of sp³-hybridized carbons (Fsp3) is 0.286. The summed E-state index contributed by atoms with van der Waals surface area (Å²) in [7, 11) is -0.359. The molecule has 6 nitrogen and oxygen atoms in total. The van der Waals surface area contributed by atoms with E-state index < -0.39 is 16.1 Å². The second kappa shape index (κ2) is 6.30. The molecule has 1 heterocycles. The van der Waals surface area contributed by atoms with Gasteiger partial charge in [-0.05, 0) is 36.4 Å². The molecule has 114 valence electrons. The van der Waals surface area contributed by atoms with Crippen molar-refractivity contribution in [3.05, 3.63) is 48.3 Å². The number of benzene rings is 1. The van der Waals surface area contributed by atoms with E-state index in [0.29, 0.717) is 11.4 Å². The van der Waals surface area contributed by atoms with E-state index in [2.05, 4.69) is 4.72 Å². The minimum Gasteiger partial charge on any atom is -0.497 e. The van der Waals surface area contributed by atoms with Crippen LogP contribution in [-0.2, 0) is 17.1 Å². The van der Waals surface area contributed by atoms with E-state index in [0.717, 1.165) is 0 Å². The highest BCUT2D eigenvalue weighted by atomic mass is 32.2. The summed E-state index contributed by atoms with van der Waals surface area (Å²) in [6.45, 7) is -0.0911. The number of sulfonamides is 1. The van der Waals surface area contributed by atoms with Crippen molar-refractivity contribution < 1.29 is 18.3 Å². The Balaban J connectivity index is 2.05. The summed E-state index contributed by atoms with van der Waals surface area (Å²) < 4.78 is 33.4. The van der Waals surface area contributed by atoms with Crippen molar-refractivity contribution in [2.24, 2.45) is 7.05 Å². The van der Waals surface area contributed by atoms with Gasteiger partial charge in [0.25, 0.3) is 0 Å². The smallest absolute Gasteiger partial charge is 0.240 e. The van der Waals surface area contributed by atoms with Crippen LogP contribution in [-0.4, -0.2) is 31.7 Å². The van der Waals surface area contributed by atoms with Crippen LogP contribution in [0.25, 0.3) is 0 Å². The second-order valence-corrected chi connectivity index (χ2v) is 6.35. The zero-order valence-corrected chi connectivity index (χ0v) is 12.7. The van der Waals surface area contributed by atoms with Crippen molar-refractivity contribution in [3.63, 3.8) is 0 Å². The quantitative estimate of drug-likeness (QED) is 0.835. The highest BCUT2D eigenvalue weighted by Crippen LogP contribution is 2.16. The summed E-state index contributed by atoms with van der Waals surface area (Å²) in [6.07, 6.45) is 0.884. The molecule has 21 heavy (non-hydrogen) atoms. The summed E-state index contributed by atoms with van der Waals surface area (Å²) in [5.41, 5.74) is 0.646. The maximum Gasteiger partial charge on any atom is 0.240 e. The normalized spacial score (nSPS) is 13.1. The van der Waals surface area contributed by atoms with Gasteiger partial charge in [-0.2, -0.15) is 0 Å². The first-order valence-corrected chi connectivity index (χ1v) is 7.85. The molecule has 0 amide bonds. The van der Waals surface area contributed by atoms with Crippen molar-refractivity contribution in [1.82, 2.24) is 9.29 Å². The first kappa shape index (κ1) is 15.6. The van der Waals surface area contributed by atoms with E-state index in [4.69, 9.17) is 4.74 Å². The lowest BCUT2D eigenvalue weighted by Crippen LogP contribution is -2.29. The van der Waals surface area contributed by atoms with Gasteiger partial charge in [-0.1, -0.05) is 0 Å². The molecule has 0 spiro atoms. The van der Waals surface area contributed by atoms with E-state index in [1.807, 2.05) is 0 Å². The first-order valence-electron chi connectivity index (χ1n) is 6.37. The summed E-state index contributed by atoms with van der Waals surface area (Å²) in [5.74, 6) is 0.581. The van der Waals surface area contributed by atoms with Crippen LogP contribution in [0.4, 0.5) is 0 Å². The number of ether oxygens (including phenoxy) is 1. The molecule has 0 saturated carbocycles. The number of hydrogen-bond donors (Lipinski definition) is 2. The monoisotopic (exact) mass is 310 g/mol. The summed E-state index contributed by atoms with van der Waals surface area (Å²) in [5, 5.41) is 10.0. The molecular weight excluding hydrogens is 292 g/mol. The highest BCUT2D eigenvalue weighted by molar-refractivity contribution is 7.89. The Morgan fingerprint density at radius 3 is 2.48 bits per heavy atom. The molecule has 0 radical (unpaired) electrons. The fourth-order valence-electron chi connectivity index (χ4n) is 1.95. The predicted molar refractivity (Wildman–Crippen MR) is 78.6 cm³/mol. The zero-order chi connectivity index (χ0) is 15.5. The minimum atomic E-state index is -3.66. The third kappa shape index (κ3) is 3.63. The molecule has 1 atom stereocenters. The molecule has 1 unspecified atom stereocenters. The van der Waals surface area contributed by atoms with Crippen LogP contribution in [0.1, 0.15) is 11.8 Å². The summed E-state index contributed by atoms with van der Waals surface area (Å²) in [6, 6.07) is 9.58. The van der Waals surface area contributed by atoms with Gasteiger partial charge in [0.1, 0.15) is 11.9 Å². The molecule has 0 aliphatic rings. The van der Waals surface area contributed by atoms with Crippen LogP contribution in [0.3, 0.4) is 0 Å². The van der Waals surface area contributed by atoms with E-state index in [9.17, 15) is 13.5 Å². The standard InChI is InChI=1S/C14H18N2O4S/c1-16-9-3-4-13(16)14(17)10-15-21(18,19)12-7-5-11(20-2)6-8-12/h3-9,14-15,17H,10H2,1-2H3. The molecule has 2 aromatic rings. The van der Waals surface area contributed by atoms with Crippen LogP contribution in [0.15, 0.2) is 47.5 Å². The molecule has 1 aromatic carbocycles. The van der Waals surface area contributed by atoms with Gasteiger partial charge in [0, 0.05) is 25.5 Å². The van der Waals surface area contributed by atoms with Crippen molar-refractivity contribution in [1.29, 1.82) is 0 Å². The number of rotatable bonds is 6. The molecule has 0 aliphatic carbocycles. The minimum absolute atomic E-state index is 0.0911. The SMILES string of the molecule is COc1ccc(S(=O)(=O)NCC(O)c2cccn2C)cc1. The number of aliphatic hydroxyl groups is 1. The average Bonchev–Trinajstić information content (AvgIpc) is 2.91. The topological polar surface area (TPSA) is 80.6 Å². The van der Waals surface area contributed by atoms with Crippen LogP contribution in [0.2, 0.25) is 0 Å². The zero-order valence-electron chi connectivity index (χ0n) is 11.9. The Hall–Kier alpha value is -1.83. The fourth-order valence-corrected chi connectivity index (χ4v) is 2.99. The van der Waals surface area contributed by atoms with Gasteiger partial charge in [-0.3, -0.25) is 0 Å². The van der Waals surface area contributed by atoms with Crippen molar-refractivity contribution >= 4 is 10.0 Å². The number of nitrogens with zero attached hydrogens (tertiary/aromatic N) is 1. The molecule has 0 bridgehead atoms. The number of aryl methyl sites for hydroxylation is 1.